The maximum Gasteiger partial charge on any atom is 0.315 e. The van der Waals surface area contributed by atoms with Crippen molar-refractivity contribution in [2.75, 3.05) is 0 Å². The molecule has 1 fully saturated rings. The van der Waals surface area contributed by atoms with Crippen LogP contribution in [0.15, 0.2) is 35.6 Å². The predicted octanol–water partition coefficient (Wildman–Crippen LogP) is 3.61. The third-order valence-corrected chi connectivity index (χ3v) is 3.84. The monoisotopic (exact) mass is 232 g/mol. The maximum atomic E-state index is 11.9. The minimum Gasteiger partial charge on any atom is -0.431 e. The van der Waals surface area contributed by atoms with Gasteiger partial charge in [-0.25, -0.2) is 0 Å². The zero-order valence-corrected chi connectivity index (χ0v) is 10.8. The summed E-state index contributed by atoms with van der Waals surface area (Å²) < 4.78 is 5.21. The predicted molar refractivity (Wildman–Crippen MR) is 68.1 cm³/mol. The lowest BCUT2D eigenvalue weighted by atomic mass is 9.71. The van der Waals surface area contributed by atoms with Crippen LogP contribution in [-0.4, -0.2) is 5.97 Å². The van der Waals surface area contributed by atoms with Crippen LogP contribution in [0, 0.1) is 17.8 Å². The van der Waals surface area contributed by atoms with Gasteiger partial charge in [-0.2, -0.15) is 0 Å². The fraction of sp³-hybridized carbons (Fsp3) is 0.533. The number of rotatable bonds is 2. The molecule has 3 unspecified atom stereocenters. The Morgan fingerprint density at radius 3 is 2.94 bits per heavy atom. The van der Waals surface area contributed by atoms with Crippen LogP contribution in [0.1, 0.15) is 33.6 Å². The van der Waals surface area contributed by atoms with Crippen LogP contribution in [0.4, 0.5) is 0 Å². The number of ether oxygens (including phenoxy) is 1. The average Bonchev–Trinajstić information content (AvgIpc) is 2.53. The lowest BCUT2D eigenvalue weighted by Gasteiger charge is -2.29. The molecular weight excluding hydrogens is 212 g/mol. The summed E-state index contributed by atoms with van der Waals surface area (Å²) in [5.41, 5.74) is 2.61. The number of esters is 1. The summed E-state index contributed by atoms with van der Waals surface area (Å²) in [6.45, 7) is 10.2. The summed E-state index contributed by atoms with van der Waals surface area (Å²) in [5.74, 6) is 1.05. The Bertz CT molecular complexity index is 411. The molecule has 0 N–H and O–H groups in total. The highest BCUT2D eigenvalue weighted by Crippen LogP contribution is 2.45. The lowest BCUT2D eigenvalue weighted by Crippen LogP contribution is -2.28. The van der Waals surface area contributed by atoms with Gasteiger partial charge in [0.25, 0.3) is 0 Å². The maximum absolute atomic E-state index is 11.9. The van der Waals surface area contributed by atoms with Crippen molar-refractivity contribution in [1.82, 2.24) is 0 Å². The lowest BCUT2D eigenvalue weighted by molar-refractivity contribution is -0.140. The van der Waals surface area contributed by atoms with Gasteiger partial charge < -0.3 is 4.74 Å². The van der Waals surface area contributed by atoms with Crippen molar-refractivity contribution in [1.29, 1.82) is 0 Å². The Balaban J connectivity index is 2.25. The Morgan fingerprint density at radius 1 is 1.59 bits per heavy atom. The number of cyclic esters (lactones) is 1. The van der Waals surface area contributed by atoms with E-state index in [4.69, 9.17) is 4.74 Å². The van der Waals surface area contributed by atoms with Crippen LogP contribution in [0.2, 0.25) is 0 Å². The van der Waals surface area contributed by atoms with E-state index in [0.717, 1.165) is 12.8 Å². The van der Waals surface area contributed by atoms with Crippen LogP contribution < -0.4 is 0 Å². The molecule has 92 valence electrons. The smallest absolute Gasteiger partial charge is 0.315 e. The number of hydrogen-bond donors (Lipinski definition) is 0. The molecule has 17 heavy (non-hydrogen) atoms. The van der Waals surface area contributed by atoms with Gasteiger partial charge in [0.2, 0.25) is 0 Å². The molecule has 0 aromatic carbocycles. The molecule has 0 bridgehead atoms. The molecule has 2 heteroatoms. The number of carbonyl (C=O) groups excluding carboxylic acids is 1. The Labute approximate surface area is 103 Å². The summed E-state index contributed by atoms with van der Waals surface area (Å²) in [5, 5.41) is 0. The quantitative estimate of drug-likeness (QED) is 0.537. The third-order valence-electron chi connectivity index (χ3n) is 3.84. The second kappa shape index (κ2) is 4.52. The summed E-state index contributed by atoms with van der Waals surface area (Å²) in [7, 11) is 0. The molecule has 1 aliphatic heterocycles. The summed E-state index contributed by atoms with van der Waals surface area (Å²) in [6.07, 6.45) is 6.26. The number of hydrogen-bond acceptors (Lipinski definition) is 2. The molecule has 1 heterocycles. The second-order valence-corrected chi connectivity index (χ2v) is 5.33. The Hall–Kier alpha value is -1.31. The highest BCUT2D eigenvalue weighted by atomic mass is 16.5. The van der Waals surface area contributed by atoms with E-state index < -0.39 is 0 Å². The first kappa shape index (κ1) is 12.2. The molecule has 0 aromatic heterocycles. The van der Waals surface area contributed by atoms with E-state index in [-0.39, 0.29) is 23.7 Å². The van der Waals surface area contributed by atoms with Crippen molar-refractivity contribution >= 4 is 5.97 Å². The average molecular weight is 232 g/mol. The van der Waals surface area contributed by atoms with Gasteiger partial charge in [-0.15, -0.1) is 0 Å². The SMILES string of the molecule is C=C1OC(=O)C2C1CC=C(C)C2CC=C(C)C. The molecule has 0 aromatic rings. The van der Waals surface area contributed by atoms with Crippen molar-refractivity contribution < 1.29 is 9.53 Å². The standard InChI is InChI=1S/C15H20O2/c1-9(2)5-7-12-10(3)6-8-13-11(4)17-15(16)14(12)13/h5-6,12-14H,4,7-8H2,1-3H3. The summed E-state index contributed by atoms with van der Waals surface area (Å²) in [6, 6.07) is 0. The number of carbonyl (C=O) groups is 1. The Morgan fingerprint density at radius 2 is 2.29 bits per heavy atom. The largest absolute Gasteiger partial charge is 0.431 e. The van der Waals surface area contributed by atoms with E-state index in [1.807, 2.05) is 0 Å². The van der Waals surface area contributed by atoms with E-state index in [0.29, 0.717) is 5.76 Å². The topological polar surface area (TPSA) is 26.3 Å². The number of allylic oxidation sites excluding steroid dienone is 5. The second-order valence-electron chi connectivity index (χ2n) is 5.33. The minimum absolute atomic E-state index is 0.0110. The molecule has 2 nitrogen and oxygen atoms in total. The van der Waals surface area contributed by atoms with E-state index in [2.05, 4.69) is 39.5 Å². The fourth-order valence-corrected chi connectivity index (χ4v) is 2.80. The van der Waals surface area contributed by atoms with Gasteiger partial charge in [-0.1, -0.05) is 29.9 Å². The minimum atomic E-state index is -0.0837. The highest BCUT2D eigenvalue weighted by Gasteiger charge is 2.46. The van der Waals surface area contributed by atoms with Crippen LogP contribution in [0.25, 0.3) is 0 Å². The van der Waals surface area contributed by atoms with Crippen LogP contribution in [0.3, 0.4) is 0 Å². The van der Waals surface area contributed by atoms with Crippen LogP contribution >= 0.6 is 0 Å². The molecule has 1 aliphatic carbocycles. The van der Waals surface area contributed by atoms with Gasteiger partial charge in [0.15, 0.2) is 0 Å². The first-order valence-electron chi connectivity index (χ1n) is 6.21. The van der Waals surface area contributed by atoms with Crippen molar-refractivity contribution in [3.63, 3.8) is 0 Å². The van der Waals surface area contributed by atoms with Gasteiger partial charge in [0, 0.05) is 5.92 Å². The molecule has 0 spiro atoms. The normalized spacial score (nSPS) is 31.7. The van der Waals surface area contributed by atoms with Gasteiger partial charge >= 0.3 is 5.97 Å². The molecular formula is C15H20O2. The van der Waals surface area contributed by atoms with Crippen molar-refractivity contribution in [3.05, 3.63) is 35.6 Å². The molecule has 0 saturated carbocycles. The van der Waals surface area contributed by atoms with Crippen molar-refractivity contribution in [3.8, 4) is 0 Å². The molecule has 0 radical (unpaired) electrons. The third kappa shape index (κ3) is 2.21. The van der Waals surface area contributed by atoms with Crippen molar-refractivity contribution in [2.45, 2.75) is 33.6 Å². The molecule has 1 saturated heterocycles. The summed E-state index contributed by atoms with van der Waals surface area (Å²) >= 11 is 0. The van der Waals surface area contributed by atoms with E-state index in [9.17, 15) is 4.79 Å². The fourth-order valence-electron chi connectivity index (χ4n) is 2.80. The zero-order valence-electron chi connectivity index (χ0n) is 10.8. The first-order valence-corrected chi connectivity index (χ1v) is 6.21. The first-order chi connectivity index (χ1) is 8.00. The van der Waals surface area contributed by atoms with Crippen LogP contribution in [0.5, 0.6) is 0 Å². The van der Waals surface area contributed by atoms with E-state index >= 15 is 0 Å². The van der Waals surface area contributed by atoms with Gasteiger partial charge in [0.05, 0.1) is 5.92 Å². The van der Waals surface area contributed by atoms with Gasteiger partial charge in [0.1, 0.15) is 5.76 Å². The molecule has 2 rings (SSSR count). The molecule has 0 amide bonds. The highest BCUT2D eigenvalue weighted by molar-refractivity contribution is 5.78. The van der Waals surface area contributed by atoms with E-state index in [1.54, 1.807) is 0 Å². The number of fused-ring (bicyclic) bond motifs is 1. The summed E-state index contributed by atoms with van der Waals surface area (Å²) in [4.78, 5) is 11.9. The van der Waals surface area contributed by atoms with Gasteiger partial charge in [-0.05, 0) is 39.5 Å². The van der Waals surface area contributed by atoms with E-state index in [1.165, 1.54) is 11.1 Å². The molecule has 3 atom stereocenters. The molecule has 2 aliphatic rings. The Kier molecular flexibility index (Phi) is 3.23. The zero-order chi connectivity index (χ0) is 12.6. The van der Waals surface area contributed by atoms with Crippen LogP contribution in [-0.2, 0) is 9.53 Å². The van der Waals surface area contributed by atoms with Crippen molar-refractivity contribution in [2.24, 2.45) is 17.8 Å². The van der Waals surface area contributed by atoms with Gasteiger partial charge in [-0.3, -0.25) is 4.79 Å².